The number of carbonyl (C=O) groups excluding carboxylic acids is 1. The monoisotopic (exact) mass is 574 g/mol. The zero-order valence-corrected chi connectivity index (χ0v) is 25.2. The predicted octanol–water partition coefficient (Wildman–Crippen LogP) is 5.68. The molecule has 0 aliphatic carbocycles. The summed E-state index contributed by atoms with van der Waals surface area (Å²) in [6.07, 6.45) is 8.73. The van der Waals surface area contributed by atoms with Gasteiger partial charge in [-0.05, 0) is 48.6 Å². The van der Waals surface area contributed by atoms with E-state index in [0.717, 1.165) is 24.8 Å². The molecule has 2 heterocycles. The summed E-state index contributed by atoms with van der Waals surface area (Å²) in [6, 6.07) is 14.7. The number of hydrogen-bond donors (Lipinski definition) is 0. The molecule has 0 radical (unpaired) electrons. The molecule has 0 saturated heterocycles. The van der Waals surface area contributed by atoms with E-state index in [2.05, 4.69) is 11.9 Å². The highest BCUT2D eigenvalue weighted by atomic mass is 32.1. The largest absolute Gasteiger partial charge is 0.493 e. The van der Waals surface area contributed by atoms with Crippen LogP contribution in [-0.2, 0) is 9.53 Å². The first-order valence-corrected chi connectivity index (χ1v) is 14.9. The van der Waals surface area contributed by atoms with Gasteiger partial charge in [-0.2, -0.15) is 0 Å². The SMILES string of the molecule is CCCCCOc1ccc(C2C(C(=O)OCC(C)C)=C(C)N=c3s/c(=C\C=C\c4ccccc4)c(=O)n32)cc1OC. The second kappa shape index (κ2) is 14.1. The Balaban J connectivity index is 1.79. The third-order valence-corrected chi connectivity index (χ3v) is 7.64. The Bertz CT molecular complexity index is 1600. The minimum atomic E-state index is -0.728. The van der Waals surface area contributed by atoms with Crippen molar-refractivity contribution in [3.63, 3.8) is 0 Å². The summed E-state index contributed by atoms with van der Waals surface area (Å²) in [6.45, 7) is 8.75. The topological polar surface area (TPSA) is 79.1 Å². The smallest absolute Gasteiger partial charge is 0.338 e. The van der Waals surface area contributed by atoms with Crippen molar-refractivity contribution in [3.8, 4) is 11.5 Å². The second-order valence-electron chi connectivity index (χ2n) is 10.3. The normalized spacial score (nSPS) is 15.3. The molecular formula is C33H38N2O5S. The summed E-state index contributed by atoms with van der Waals surface area (Å²) in [7, 11) is 1.58. The lowest BCUT2D eigenvalue weighted by molar-refractivity contribution is -0.140. The maximum atomic E-state index is 13.8. The van der Waals surface area contributed by atoms with E-state index in [1.54, 1.807) is 24.7 Å². The minimum Gasteiger partial charge on any atom is -0.493 e. The third kappa shape index (κ3) is 7.24. The number of methoxy groups -OCH3 is 1. The number of thiazole rings is 1. The van der Waals surface area contributed by atoms with E-state index in [1.165, 1.54) is 11.3 Å². The highest BCUT2D eigenvalue weighted by Crippen LogP contribution is 2.36. The number of carbonyl (C=O) groups is 1. The van der Waals surface area contributed by atoms with Crippen molar-refractivity contribution in [3.05, 3.63) is 96.7 Å². The number of rotatable bonds is 12. The fraction of sp³-hybridized carbons (Fsp3) is 0.364. The van der Waals surface area contributed by atoms with E-state index in [9.17, 15) is 9.59 Å². The van der Waals surface area contributed by atoms with E-state index in [0.29, 0.717) is 44.3 Å². The van der Waals surface area contributed by atoms with Crippen molar-refractivity contribution >= 4 is 29.5 Å². The number of unbranched alkanes of at least 4 members (excludes halogenated alkanes) is 2. The van der Waals surface area contributed by atoms with Crippen LogP contribution in [0.15, 0.2) is 75.7 Å². The van der Waals surface area contributed by atoms with Crippen molar-refractivity contribution < 1.29 is 19.0 Å². The molecule has 1 atom stereocenters. The molecule has 1 aliphatic heterocycles. The van der Waals surface area contributed by atoms with Gasteiger partial charge in [-0.25, -0.2) is 9.79 Å². The molecule has 3 aromatic rings. The van der Waals surface area contributed by atoms with Crippen LogP contribution in [0.3, 0.4) is 0 Å². The number of esters is 1. The van der Waals surface area contributed by atoms with Gasteiger partial charge in [0.2, 0.25) is 0 Å². The Labute approximate surface area is 245 Å². The number of nitrogens with zero attached hydrogens (tertiary/aromatic N) is 2. The third-order valence-electron chi connectivity index (χ3n) is 6.63. The number of allylic oxidation sites excluding steroid dienone is 2. The number of aromatic nitrogens is 1. The predicted molar refractivity (Wildman–Crippen MR) is 164 cm³/mol. The summed E-state index contributed by atoms with van der Waals surface area (Å²) < 4.78 is 19.4. The summed E-state index contributed by atoms with van der Waals surface area (Å²) >= 11 is 1.29. The Hall–Kier alpha value is -3.91. The maximum Gasteiger partial charge on any atom is 0.338 e. The van der Waals surface area contributed by atoms with Gasteiger partial charge in [0.15, 0.2) is 16.3 Å². The average molecular weight is 575 g/mol. The van der Waals surface area contributed by atoms with Gasteiger partial charge in [0.1, 0.15) is 0 Å². The van der Waals surface area contributed by atoms with Crippen LogP contribution in [0.25, 0.3) is 12.2 Å². The number of ether oxygens (including phenoxy) is 3. The zero-order chi connectivity index (χ0) is 29.4. The summed E-state index contributed by atoms with van der Waals surface area (Å²) in [5, 5.41) is 0. The van der Waals surface area contributed by atoms with E-state index in [-0.39, 0.29) is 18.1 Å². The lowest BCUT2D eigenvalue weighted by Gasteiger charge is -2.25. The van der Waals surface area contributed by atoms with Crippen LogP contribution in [0.4, 0.5) is 0 Å². The van der Waals surface area contributed by atoms with Crippen LogP contribution in [0.1, 0.15) is 64.1 Å². The summed E-state index contributed by atoms with van der Waals surface area (Å²) in [5.41, 5.74) is 2.38. The zero-order valence-electron chi connectivity index (χ0n) is 24.4. The van der Waals surface area contributed by atoms with E-state index < -0.39 is 12.0 Å². The Morgan fingerprint density at radius 3 is 2.61 bits per heavy atom. The molecule has 0 N–H and O–H groups in total. The molecule has 0 bridgehead atoms. The van der Waals surface area contributed by atoms with Crippen molar-refractivity contribution in [2.75, 3.05) is 20.3 Å². The standard InChI is InChI=1S/C33H38N2O5S/c1-6-7-11-19-39-26-18-17-25(20-27(26)38-5)30-29(32(37)40-21-22(2)3)23(4)34-33-35(30)31(36)28(41-33)16-12-15-24-13-9-8-10-14-24/h8-10,12-18,20,22,30H,6-7,11,19,21H2,1-5H3/b15-12+,28-16-. The van der Waals surface area contributed by atoms with Crippen LogP contribution in [-0.4, -0.2) is 30.9 Å². The van der Waals surface area contributed by atoms with Gasteiger partial charge in [-0.15, -0.1) is 0 Å². The molecule has 4 rings (SSSR count). The lowest BCUT2D eigenvalue weighted by atomic mass is 9.95. The van der Waals surface area contributed by atoms with Gasteiger partial charge in [0.05, 0.1) is 42.2 Å². The quantitative estimate of drug-likeness (QED) is 0.206. The number of benzene rings is 2. The Morgan fingerprint density at radius 2 is 1.90 bits per heavy atom. The van der Waals surface area contributed by atoms with Gasteiger partial charge in [-0.1, -0.05) is 93.5 Å². The highest BCUT2D eigenvalue weighted by Gasteiger charge is 2.34. The lowest BCUT2D eigenvalue weighted by Crippen LogP contribution is -2.40. The molecule has 2 aromatic carbocycles. The van der Waals surface area contributed by atoms with Gasteiger partial charge in [-0.3, -0.25) is 9.36 Å². The van der Waals surface area contributed by atoms with Crippen molar-refractivity contribution in [2.24, 2.45) is 10.9 Å². The summed E-state index contributed by atoms with van der Waals surface area (Å²) in [5.74, 6) is 0.842. The average Bonchev–Trinajstić information content (AvgIpc) is 3.28. The van der Waals surface area contributed by atoms with E-state index in [1.807, 2.05) is 74.5 Å². The van der Waals surface area contributed by atoms with Crippen LogP contribution in [0.2, 0.25) is 0 Å². The van der Waals surface area contributed by atoms with Crippen LogP contribution >= 0.6 is 11.3 Å². The van der Waals surface area contributed by atoms with Gasteiger partial charge in [0, 0.05) is 0 Å². The second-order valence-corrected chi connectivity index (χ2v) is 11.3. The molecule has 0 fully saturated rings. The molecule has 8 heteroatoms. The van der Waals surface area contributed by atoms with Gasteiger partial charge in [0.25, 0.3) is 5.56 Å². The molecule has 1 aromatic heterocycles. The first-order chi connectivity index (χ1) is 19.8. The fourth-order valence-electron chi connectivity index (χ4n) is 4.55. The fourth-order valence-corrected chi connectivity index (χ4v) is 5.55. The molecular weight excluding hydrogens is 536 g/mol. The molecule has 0 saturated carbocycles. The Morgan fingerprint density at radius 1 is 1.12 bits per heavy atom. The minimum absolute atomic E-state index is 0.167. The molecule has 0 spiro atoms. The van der Waals surface area contributed by atoms with Crippen LogP contribution in [0, 0.1) is 5.92 Å². The van der Waals surface area contributed by atoms with Gasteiger partial charge < -0.3 is 14.2 Å². The van der Waals surface area contributed by atoms with Crippen molar-refractivity contribution in [2.45, 2.75) is 53.0 Å². The van der Waals surface area contributed by atoms with Crippen molar-refractivity contribution in [1.29, 1.82) is 0 Å². The first-order valence-electron chi connectivity index (χ1n) is 14.1. The van der Waals surface area contributed by atoms with E-state index >= 15 is 0 Å². The molecule has 0 amide bonds. The van der Waals surface area contributed by atoms with Crippen LogP contribution < -0.4 is 24.4 Å². The van der Waals surface area contributed by atoms with Gasteiger partial charge >= 0.3 is 5.97 Å². The van der Waals surface area contributed by atoms with Crippen LogP contribution in [0.5, 0.6) is 11.5 Å². The number of hydrogen-bond acceptors (Lipinski definition) is 7. The highest BCUT2D eigenvalue weighted by molar-refractivity contribution is 7.07. The summed E-state index contributed by atoms with van der Waals surface area (Å²) in [4.78, 5) is 32.5. The molecule has 1 unspecified atom stereocenters. The Kier molecular flexibility index (Phi) is 10.4. The maximum absolute atomic E-state index is 13.8. The first kappa shape index (κ1) is 30.1. The molecule has 216 valence electrons. The molecule has 1 aliphatic rings. The van der Waals surface area contributed by atoms with E-state index in [4.69, 9.17) is 14.2 Å². The van der Waals surface area contributed by atoms with Crippen molar-refractivity contribution in [1.82, 2.24) is 4.57 Å². The molecule has 7 nitrogen and oxygen atoms in total. The molecule has 41 heavy (non-hydrogen) atoms. The number of fused-ring (bicyclic) bond motifs is 1.